The summed E-state index contributed by atoms with van der Waals surface area (Å²) in [5, 5.41) is 3.39. The Morgan fingerprint density at radius 3 is 2.58 bits per heavy atom. The van der Waals surface area contributed by atoms with Gasteiger partial charge in [0.15, 0.2) is 5.13 Å². The van der Waals surface area contributed by atoms with E-state index in [1.807, 2.05) is 52.0 Å². The van der Waals surface area contributed by atoms with Gasteiger partial charge in [-0.2, -0.15) is 0 Å². The Morgan fingerprint density at radius 2 is 1.96 bits per heavy atom. The van der Waals surface area contributed by atoms with Gasteiger partial charge in [-0.05, 0) is 50.9 Å². The van der Waals surface area contributed by atoms with Crippen LogP contribution >= 0.6 is 11.3 Å². The summed E-state index contributed by atoms with van der Waals surface area (Å²) in [4.78, 5) is 15.7. The fraction of sp³-hybridized carbons (Fsp3) is 0.444. The van der Waals surface area contributed by atoms with Crippen molar-refractivity contribution in [1.29, 1.82) is 0 Å². The SMILES string of the molecule is CC(=O)NCC(=Cc1ccc2nc(N)sc2c1)B1OC(C)(C)C(C)(C)O1. The van der Waals surface area contributed by atoms with Crippen molar-refractivity contribution >= 4 is 45.8 Å². The molecule has 1 amide bonds. The maximum absolute atomic E-state index is 11.4. The Labute approximate surface area is 157 Å². The quantitative estimate of drug-likeness (QED) is 0.805. The highest BCUT2D eigenvalue weighted by molar-refractivity contribution is 7.22. The molecule has 3 N–H and O–H groups in total. The molecule has 0 atom stereocenters. The second-order valence-electron chi connectivity index (χ2n) is 7.50. The van der Waals surface area contributed by atoms with E-state index in [0.717, 1.165) is 21.3 Å². The van der Waals surface area contributed by atoms with E-state index in [-0.39, 0.29) is 5.91 Å². The molecule has 0 aliphatic carbocycles. The lowest BCUT2D eigenvalue weighted by Gasteiger charge is -2.32. The van der Waals surface area contributed by atoms with Crippen LogP contribution in [0.5, 0.6) is 0 Å². The fourth-order valence-corrected chi connectivity index (χ4v) is 3.47. The molecule has 1 saturated heterocycles. The molecule has 1 fully saturated rings. The van der Waals surface area contributed by atoms with Gasteiger partial charge in [-0.15, -0.1) is 0 Å². The zero-order valence-corrected chi connectivity index (χ0v) is 16.6. The number of benzene rings is 1. The minimum atomic E-state index is -0.519. The van der Waals surface area contributed by atoms with E-state index in [9.17, 15) is 4.79 Å². The number of hydrogen-bond acceptors (Lipinski definition) is 6. The first-order valence-corrected chi connectivity index (χ1v) is 9.36. The maximum Gasteiger partial charge on any atom is 0.492 e. The van der Waals surface area contributed by atoms with Crippen LogP contribution in [0, 0.1) is 0 Å². The Morgan fingerprint density at radius 1 is 1.31 bits per heavy atom. The van der Waals surface area contributed by atoms with Crippen LogP contribution in [-0.4, -0.2) is 35.8 Å². The van der Waals surface area contributed by atoms with Crippen molar-refractivity contribution in [2.75, 3.05) is 12.3 Å². The monoisotopic (exact) mass is 373 g/mol. The minimum absolute atomic E-state index is 0.0990. The first-order chi connectivity index (χ1) is 12.1. The third-order valence-corrected chi connectivity index (χ3v) is 5.73. The molecule has 6 nitrogen and oxygen atoms in total. The van der Waals surface area contributed by atoms with Gasteiger partial charge in [0.05, 0.1) is 21.4 Å². The van der Waals surface area contributed by atoms with E-state index < -0.39 is 18.3 Å². The van der Waals surface area contributed by atoms with Crippen LogP contribution in [0.4, 0.5) is 5.13 Å². The Balaban J connectivity index is 1.94. The number of carbonyl (C=O) groups excluding carboxylic acids is 1. The number of amides is 1. The van der Waals surface area contributed by atoms with Crippen molar-refractivity contribution < 1.29 is 14.1 Å². The van der Waals surface area contributed by atoms with Gasteiger partial charge >= 0.3 is 7.12 Å². The number of fused-ring (bicyclic) bond motifs is 1. The van der Waals surface area contributed by atoms with Gasteiger partial charge in [-0.1, -0.05) is 23.5 Å². The second kappa shape index (κ2) is 6.68. The molecule has 2 aromatic rings. The molecule has 26 heavy (non-hydrogen) atoms. The fourth-order valence-electron chi connectivity index (χ4n) is 2.69. The van der Waals surface area contributed by atoms with Gasteiger partial charge in [0.25, 0.3) is 0 Å². The molecule has 1 aliphatic rings. The van der Waals surface area contributed by atoms with Crippen LogP contribution in [0.1, 0.15) is 40.2 Å². The Bertz CT molecular complexity index is 860. The van der Waals surface area contributed by atoms with Gasteiger partial charge < -0.3 is 20.4 Å². The summed E-state index contributed by atoms with van der Waals surface area (Å²) in [6.45, 7) is 9.89. The molecule has 0 spiro atoms. The minimum Gasteiger partial charge on any atom is -0.400 e. The summed E-state index contributed by atoms with van der Waals surface area (Å²) in [7, 11) is -0.519. The van der Waals surface area contributed by atoms with Crippen molar-refractivity contribution in [3.63, 3.8) is 0 Å². The molecular formula is C18H24BN3O3S. The molecule has 1 aromatic heterocycles. The molecule has 2 heterocycles. The van der Waals surface area contributed by atoms with Crippen LogP contribution in [0.25, 0.3) is 16.3 Å². The smallest absolute Gasteiger partial charge is 0.400 e. The Kier molecular flexibility index (Phi) is 4.85. The lowest BCUT2D eigenvalue weighted by molar-refractivity contribution is -0.118. The van der Waals surface area contributed by atoms with Crippen molar-refractivity contribution in [2.45, 2.75) is 45.8 Å². The molecule has 1 aromatic carbocycles. The summed E-state index contributed by atoms with van der Waals surface area (Å²) >= 11 is 1.45. The lowest BCUT2D eigenvalue weighted by atomic mass is 9.77. The van der Waals surface area contributed by atoms with Crippen molar-refractivity contribution in [2.24, 2.45) is 0 Å². The van der Waals surface area contributed by atoms with Gasteiger partial charge in [-0.3, -0.25) is 4.79 Å². The van der Waals surface area contributed by atoms with Crippen LogP contribution < -0.4 is 11.1 Å². The van der Waals surface area contributed by atoms with Gasteiger partial charge in [0.1, 0.15) is 0 Å². The molecule has 0 unspecified atom stereocenters. The second-order valence-corrected chi connectivity index (χ2v) is 8.56. The number of rotatable bonds is 4. The van der Waals surface area contributed by atoms with Crippen LogP contribution in [-0.2, 0) is 14.1 Å². The van der Waals surface area contributed by atoms with E-state index in [4.69, 9.17) is 15.0 Å². The normalized spacial score (nSPS) is 19.1. The standard InChI is InChI=1S/C18H24BN3O3S/c1-11(23)21-10-13(19-24-17(2,3)18(4,5)25-19)8-12-6-7-14-15(9-12)26-16(20)22-14/h6-9H,10H2,1-5H3,(H2,20,22)(H,21,23). The van der Waals surface area contributed by atoms with Gasteiger partial charge in [0.2, 0.25) is 5.91 Å². The summed E-state index contributed by atoms with van der Waals surface area (Å²) in [5.41, 5.74) is 7.62. The lowest BCUT2D eigenvalue weighted by Crippen LogP contribution is -2.41. The molecule has 0 saturated carbocycles. The number of carbonyl (C=O) groups is 1. The third-order valence-electron chi connectivity index (χ3n) is 4.88. The summed E-state index contributed by atoms with van der Waals surface area (Å²) in [5.74, 6) is -0.0990. The van der Waals surface area contributed by atoms with Gasteiger partial charge in [-0.25, -0.2) is 4.98 Å². The van der Waals surface area contributed by atoms with E-state index in [2.05, 4.69) is 10.3 Å². The van der Waals surface area contributed by atoms with Gasteiger partial charge in [0, 0.05) is 13.5 Å². The number of anilines is 1. The average Bonchev–Trinajstić information content (AvgIpc) is 2.98. The van der Waals surface area contributed by atoms with Crippen molar-refractivity contribution in [3.8, 4) is 0 Å². The molecule has 0 bridgehead atoms. The first kappa shape index (κ1) is 18.9. The molecule has 1 aliphatic heterocycles. The summed E-state index contributed by atoms with van der Waals surface area (Å²) in [6, 6.07) is 5.94. The van der Waals surface area contributed by atoms with E-state index in [1.165, 1.54) is 18.3 Å². The zero-order chi connectivity index (χ0) is 19.1. The third kappa shape index (κ3) is 3.77. The van der Waals surface area contributed by atoms with Crippen LogP contribution in [0.3, 0.4) is 0 Å². The predicted molar refractivity (Wildman–Crippen MR) is 107 cm³/mol. The van der Waals surface area contributed by atoms with Crippen molar-refractivity contribution in [1.82, 2.24) is 10.3 Å². The van der Waals surface area contributed by atoms with Crippen LogP contribution in [0.15, 0.2) is 23.7 Å². The van der Waals surface area contributed by atoms with E-state index >= 15 is 0 Å². The predicted octanol–water partition coefficient (Wildman–Crippen LogP) is 3.03. The molecule has 3 rings (SSSR count). The number of nitrogens with two attached hydrogens (primary N) is 1. The highest BCUT2D eigenvalue weighted by atomic mass is 32.1. The number of nitrogen functional groups attached to an aromatic ring is 1. The first-order valence-electron chi connectivity index (χ1n) is 8.54. The number of aromatic nitrogens is 1. The maximum atomic E-state index is 11.4. The van der Waals surface area contributed by atoms with Crippen molar-refractivity contribution in [3.05, 3.63) is 29.2 Å². The molecular weight excluding hydrogens is 349 g/mol. The average molecular weight is 373 g/mol. The highest BCUT2D eigenvalue weighted by Crippen LogP contribution is 2.39. The number of thiazole rings is 1. The largest absolute Gasteiger partial charge is 0.492 e. The topological polar surface area (TPSA) is 86.5 Å². The molecule has 0 radical (unpaired) electrons. The zero-order valence-electron chi connectivity index (χ0n) is 15.8. The molecule has 8 heteroatoms. The Hall–Kier alpha value is -1.90. The number of nitrogens with one attached hydrogen (secondary N) is 1. The number of nitrogens with zero attached hydrogens (tertiary/aromatic N) is 1. The van der Waals surface area contributed by atoms with E-state index in [1.54, 1.807) is 0 Å². The highest BCUT2D eigenvalue weighted by Gasteiger charge is 2.52. The number of hydrogen-bond donors (Lipinski definition) is 2. The van der Waals surface area contributed by atoms with Crippen LogP contribution in [0.2, 0.25) is 0 Å². The summed E-state index contributed by atoms with van der Waals surface area (Å²) < 4.78 is 13.3. The summed E-state index contributed by atoms with van der Waals surface area (Å²) in [6.07, 6.45) is 1.99. The van der Waals surface area contributed by atoms with E-state index in [0.29, 0.717) is 11.7 Å². The molecule has 138 valence electrons.